The molecule has 26 heavy (non-hydrogen) atoms. The van der Waals surface area contributed by atoms with Crippen molar-refractivity contribution in [1.29, 1.82) is 0 Å². The molecule has 1 heterocycles. The number of benzene rings is 2. The summed E-state index contributed by atoms with van der Waals surface area (Å²) < 4.78 is 6.63. The Labute approximate surface area is 157 Å². The number of carbonyl (C=O) groups is 1. The SMILES string of the molecule is CC(C)c1ccc(OCC(=O)NCC(O)c2csc3ccccc23)cc1. The van der Waals surface area contributed by atoms with Crippen molar-refractivity contribution in [1.82, 2.24) is 5.32 Å². The van der Waals surface area contributed by atoms with Gasteiger partial charge >= 0.3 is 0 Å². The molecule has 0 fully saturated rings. The molecule has 1 unspecified atom stereocenters. The summed E-state index contributed by atoms with van der Waals surface area (Å²) >= 11 is 1.59. The molecule has 3 aromatic rings. The van der Waals surface area contributed by atoms with Crippen LogP contribution in [-0.4, -0.2) is 24.2 Å². The molecular weight excluding hydrogens is 346 g/mol. The Balaban J connectivity index is 1.49. The van der Waals surface area contributed by atoms with E-state index >= 15 is 0 Å². The Morgan fingerprint density at radius 3 is 2.62 bits per heavy atom. The molecule has 5 heteroatoms. The van der Waals surface area contributed by atoms with Crippen LogP contribution >= 0.6 is 11.3 Å². The second-order valence-corrected chi connectivity index (χ2v) is 7.43. The average molecular weight is 369 g/mol. The third-order valence-corrected chi connectivity index (χ3v) is 5.26. The van der Waals surface area contributed by atoms with Crippen LogP contribution in [0.1, 0.15) is 37.0 Å². The smallest absolute Gasteiger partial charge is 0.258 e. The molecule has 2 N–H and O–H groups in total. The normalized spacial score (nSPS) is 12.3. The maximum Gasteiger partial charge on any atom is 0.258 e. The van der Waals surface area contributed by atoms with Gasteiger partial charge in [-0.2, -0.15) is 0 Å². The zero-order chi connectivity index (χ0) is 18.5. The van der Waals surface area contributed by atoms with Crippen molar-refractivity contribution >= 4 is 27.3 Å². The van der Waals surface area contributed by atoms with Crippen molar-refractivity contribution in [3.63, 3.8) is 0 Å². The number of aliphatic hydroxyl groups is 1. The van der Waals surface area contributed by atoms with Crippen molar-refractivity contribution in [2.45, 2.75) is 25.9 Å². The second kappa shape index (κ2) is 8.34. The topological polar surface area (TPSA) is 58.6 Å². The van der Waals surface area contributed by atoms with Crippen LogP contribution < -0.4 is 10.1 Å². The van der Waals surface area contributed by atoms with Crippen LogP contribution in [0.2, 0.25) is 0 Å². The van der Waals surface area contributed by atoms with Gasteiger partial charge < -0.3 is 15.2 Å². The van der Waals surface area contributed by atoms with E-state index in [-0.39, 0.29) is 19.1 Å². The van der Waals surface area contributed by atoms with Crippen molar-refractivity contribution in [2.24, 2.45) is 0 Å². The van der Waals surface area contributed by atoms with E-state index in [0.29, 0.717) is 11.7 Å². The molecule has 0 bridgehead atoms. The molecule has 0 aliphatic heterocycles. The fourth-order valence-electron chi connectivity index (χ4n) is 2.73. The summed E-state index contributed by atoms with van der Waals surface area (Å²) in [7, 11) is 0. The highest BCUT2D eigenvalue weighted by molar-refractivity contribution is 7.17. The largest absolute Gasteiger partial charge is 0.484 e. The molecule has 136 valence electrons. The lowest BCUT2D eigenvalue weighted by molar-refractivity contribution is -0.123. The van der Waals surface area contributed by atoms with E-state index in [2.05, 4.69) is 19.2 Å². The molecule has 3 rings (SSSR count). The van der Waals surface area contributed by atoms with Gasteiger partial charge in [0.05, 0.1) is 6.10 Å². The van der Waals surface area contributed by atoms with E-state index in [1.165, 1.54) is 5.56 Å². The third kappa shape index (κ3) is 4.42. The maximum absolute atomic E-state index is 12.0. The molecular formula is C21H23NO3S. The number of amides is 1. The quantitative estimate of drug-likeness (QED) is 0.654. The van der Waals surface area contributed by atoms with E-state index < -0.39 is 6.10 Å². The molecule has 4 nitrogen and oxygen atoms in total. The fraction of sp³-hybridized carbons (Fsp3) is 0.286. The molecule has 0 saturated heterocycles. The summed E-state index contributed by atoms with van der Waals surface area (Å²) in [5, 5.41) is 16.1. The van der Waals surface area contributed by atoms with Gasteiger partial charge in [-0.3, -0.25) is 4.79 Å². The summed E-state index contributed by atoms with van der Waals surface area (Å²) in [6.07, 6.45) is -0.736. The Hall–Kier alpha value is -2.37. The van der Waals surface area contributed by atoms with Crippen LogP contribution in [0.5, 0.6) is 5.75 Å². The molecule has 0 aliphatic carbocycles. The van der Waals surface area contributed by atoms with E-state index in [0.717, 1.165) is 15.6 Å². The molecule has 0 radical (unpaired) electrons. The lowest BCUT2D eigenvalue weighted by Crippen LogP contribution is -2.32. The number of aliphatic hydroxyl groups excluding tert-OH is 1. The van der Waals surface area contributed by atoms with Gasteiger partial charge in [0.2, 0.25) is 0 Å². The van der Waals surface area contributed by atoms with E-state index in [4.69, 9.17) is 4.74 Å². The van der Waals surface area contributed by atoms with Crippen LogP contribution in [0.4, 0.5) is 0 Å². The third-order valence-electron chi connectivity index (χ3n) is 4.28. The standard InChI is InChI=1S/C21H23NO3S/c1-14(2)15-7-9-16(10-8-15)25-12-21(24)22-11-19(23)18-13-26-20-6-4-3-5-17(18)20/h3-10,13-14,19,23H,11-12H2,1-2H3,(H,22,24). The Kier molecular flexibility index (Phi) is 5.91. The molecule has 0 saturated carbocycles. The molecule has 0 spiro atoms. The van der Waals surface area contributed by atoms with Crippen molar-refractivity contribution in [3.05, 3.63) is 65.0 Å². The summed E-state index contributed by atoms with van der Waals surface area (Å²) in [5.74, 6) is 0.868. The van der Waals surface area contributed by atoms with Gasteiger partial charge in [-0.1, -0.05) is 44.2 Å². The molecule has 1 amide bonds. The van der Waals surface area contributed by atoms with Crippen molar-refractivity contribution in [2.75, 3.05) is 13.2 Å². The van der Waals surface area contributed by atoms with Gasteiger partial charge in [-0.15, -0.1) is 11.3 Å². The molecule has 0 aliphatic rings. The lowest BCUT2D eigenvalue weighted by atomic mass is 10.0. The maximum atomic E-state index is 12.0. The minimum absolute atomic E-state index is 0.0713. The Morgan fingerprint density at radius 1 is 1.15 bits per heavy atom. The van der Waals surface area contributed by atoms with E-state index in [1.807, 2.05) is 53.9 Å². The number of fused-ring (bicyclic) bond motifs is 1. The molecule has 1 atom stereocenters. The molecule has 2 aromatic carbocycles. The zero-order valence-electron chi connectivity index (χ0n) is 14.9. The summed E-state index contributed by atoms with van der Waals surface area (Å²) in [5.41, 5.74) is 2.07. The number of thiophene rings is 1. The number of carbonyl (C=O) groups excluding carboxylic acids is 1. The summed E-state index contributed by atoms with van der Waals surface area (Å²) in [4.78, 5) is 12.0. The average Bonchev–Trinajstić information content (AvgIpc) is 3.09. The monoisotopic (exact) mass is 369 g/mol. The van der Waals surface area contributed by atoms with Crippen LogP contribution in [0, 0.1) is 0 Å². The summed E-state index contributed by atoms with van der Waals surface area (Å²) in [6, 6.07) is 15.7. The predicted octanol–water partition coefficient (Wildman–Crippen LogP) is 4.25. The highest BCUT2D eigenvalue weighted by Gasteiger charge is 2.14. The van der Waals surface area contributed by atoms with Crippen LogP contribution in [0.15, 0.2) is 53.9 Å². The predicted molar refractivity (Wildman–Crippen MR) is 106 cm³/mol. The first kappa shape index (κ1) is 18.4. The Bertz CT molecular complexity index is 870. The Morgan fingerprint density at radius 2 is 1.88 bits per heavy atom. The highest BCUT2D eigenvalue weighted by atomic mass is 32.1. The van der Waals surface area contributed by atoms with Gasteiger partial charge in [-0.25, -0.2) is 0 Å². The van der Waals surface area contributed by atoms with Gasteiger partial charge in [0.25, 0.3) is 5.91 Å². The van der Waals surface area contributed by atoms with Crippen molar-refractivity contribution in [3.8, 4) is 5.75 Å². The second-order valence-electron chi connectivity index (χ2n) is 6.52. The first-order valence-electron chi connectivity index (χ1n) is 8.68. The van der Waals surface area contributed by atoms with Crippen LogP contribution in [0.3, 0.4) is 0 Å². The van der Waals surface area contributed by atoms with Gasteiger partial charge in [0.1, 0.15) is 5.75 Å². The minimum atomic E-state index is -0.736. The number of hydrogen-bond acceptors (Lipinski definition) is 4. The van der Waals surface area contributed by atoms with Crippen LogP contribution in [0.25, 0.3) is 10.1 Å². The van der Waals surface area contributed by atoms with Gasteiger partial charge in [-0.05, 0) is 40.4 Å². The number of rotatable bonds is 7. The molecule has 1 aromatic heterocycles. The fourth-order valence-corrected chi connectivity index (χ4v) is 3.73. The van der Waals surface area contributed by atoms with E-state index in [1.54, 1.807) is 11.3 Å². The lowest BCUT2D eigenvalue weighted by Gasteiger charge is -2.12. The highest BCUT2D eigenvalue weighted by Crippen LogP contribution is 2.29. The van der Waals surface area contributed by atoms with E-state index in [9.17, 15) is 9.90 Å². The zero-order valence-corrected chi connectivity index (χ0v) is 15.8. The first-order chi connectivity index (χ1) is 12.5. The number of ether oxygens (including phenoxy) is 1. The van der Waals surface area contributed by atoms with Gasteiger partial charge in [0, 0.05) is 16.8 Å². The summed E-state index contributed by atoms with van der Waals surface area (Å²) in [6.45, 7) is 4.35. The number of nitrogens with one attached hydrogen (secondary N) is 1. The first-order valence-corrected chi connectivity index (χ1v) is 9.56. The number of hydrogen-bond donors (Lipinski definition) is 2. The van der Waals surface area contributed by atoms with Gasteiger partial charge in [0.15, 0.2) is 6.61 Å². The van der Waals surface area contributed by atoms with Crippen molar-refractivity contribution < 1.29 is 14.6 Å². The minimum Gasteiger partial charge on any atom is -0.484 e. The van der Waals surface area contributed by atoms with Crippen LogP contribution in [-0.2, 0) is 4.79 Å².